The monoisotopic (exact) mass is 327 g/mol. The van der Waals surface area contributed by atoms with E-state index in [0.717, 1.165) is 25.7 Å². The molecule has 2 amide bonds. The highest BCUT2D eigenvalue weighted by molar-refractivity contribution is 5.82. The molecule has 1 rings (SSSR count). The fourth-order valence-corrected chi connectivity index (χ4v) is 2.79. The molecule has 0 aromatic carbocycles. The van der Waals surface area contributed by atoms with E-state index in [2.05, 4.69) is 5.32 Å². The average molecular weight is 327 g/mol. The molecule has 0 heterocycles. The number of carbonyl (C=O) groups is 2. The third kappa shape index (κ3) is 6.01. The minimum atomic E-state index is -0.529. The first-order chi connectivity index (χ1) is 10.5. The van der Waals surface area contributed by atoms with Crippen molar-refractivity contribution >= 4 is 12.0 Å². The molecule has 6 nitrogen and oxygen atoms in total. The fraction of sp³-hybridized carbons (Fsp3) is 0.882. The van der Waals surface area contributed by atoms with Crippen LogP contribution in [0.3, 0.4) is 0 Å². The zero-order chi connectivity index (χ0) is 17.8. The summed E-state index contributed by atoms with van der Waals surface area (Å²) in [5.41, 5.74) is 5.40. The molecule has 1 fully saturated rings. The number of hydrogen-bond acceptors (Lipinski definition) is 4. The summed E-state index contributed by atoms with van der Waals surface area (Å²) < 4.78 is 5.44. The number of carbonyl (C=O) groups excluding carboxylic acids is 2. The fourth-order valence-electron chi connectivity index (χ4n) is 2.79. The van der Waals surface area contributed by atoms with E-state index in [1.807, 2.05) is 34.6 Å². The molecule has 0 radical (unpaired) electrons. The van der Waals surface area contributed by atoms with Gasteiger partial charge >= 0.3 is 6.09 Å². The first-order valence-corrected chi connectivity index (χ1v) is 8.54. The van der Waals surface area contributed by atoms with Crippen molar-refractivity contribution < 1.29 is 14.3 Å². The first-order valence-electron chi connectivity index (χ1n) is 8.54. The topological polar surface area (TPSA) is 84.7 Å². The molecule has 1 aliphatic carbocycles. The van der Waals surface area contributed by atoms with Gasteiger partial charge in [-0.3, -0.25) is 4.79 Å². The van der Waals surface area contributed by atoms with Crippen molar-refractivity contribution in [2.24, 2.45) is 11.7 Å². The van der Waals surface area contributed by atoms with Crippen molar-refractivity contribution in [2.45, 2.75) is 84.0 Å². The number of likely N-dealkylation sites (N-methyl/N-ethyl adjacent to an activating group) is 1. The highest BCUT2D eigenvalue weighted by Gasteiger charge is 2.34. The predicted octanol–water partition coefficient (Wildman–Crippen LogP) is 2.26. The smallest absolute Gasteiger partial charge is 0.410 e. The van der Waals surface area contributed by atoms with Gasteiger partial charge in [0.05, 0.1) is 12.1 Å². The minimum Gasteiger partial charge on any atom is -0.444 e. The number of amides is 2. The molecule has 23 heavy (non-hydrogen) atoms. The van der Waals surface area contributed by atoms with Gasteiger partial charge < -0.3 is 20.7 Å². The number of nitrogens with one attached hydrogen (secondary N) is 1. The Labute approximate surface area is 140 Å². The quantitative estimate of drug-likeness (QED) is 0.829. The summed E-state index contributed by atoms with van der Waals surface area (Å²) in [4.78, 5) is 26.2. The second kappa shape index (κ2) is 7.99. The van der Waals surface area contributed by atoms with E-state index in [1.165, 1.54) is 0 Å². The van der Waals surface area contributed by atoms with Gasteiger partial charge in [-0.1, -0.05) is 26.7 Å². The lowest BCUT2D eigenvalue weighted by Gasteiger charge is -2.39. The van der Waals surface area contributed by atoms with E-state index < -0.39 is 11.6 Å². The van der Waals surface area contributed by atoms with E-state index in [0.29, 0.717) is 0 Å². The van der Waals surface area contributed by atoms with E-state index in [4.69, 9.17) is 10.5 Å². The summed E-state index contributed by atoms with van der Waals surface area (Å²) in [5, 5.41) is 3.04. The lowest BCUT2D eigenvalue weighted by Crippen LogP contribution is -2.57. The van der Waals surface area contributed by atoms with Crippen molar-refractivity contribution in [1.82, 2.24) is 10.2 Å². The van der Waals surface area contributed by atoms with Gasteiger partial charge in [0.2, 0.25) is 5.91 Å². The van der Waals surface area contributed by atoms with Gasteiger partial charge in [0.15, 0.2) is 0 Å². The largest absolute Gasteiger partial charge is 0.444 e. The molecule has 1 saturated carbocycles. The summed E-state index contributed by atoms with van der Waals surface area (Å²) in [6.07, 6.45) is 3.45. The van der Waals surface area contributed by atoms with Crippen LogP contribution >= 0.6 is 0 Å². The second-order valence-corrected chi connectivity index (χ2v) is 7.83. The van der Waals surface area contributed by atoms with Gasteiger partial charge in [-0.25, -0.2) is 4.79 Å². The maximum absolute atomic E-state index is 12.3. The molecule has 0 spiro atoms. The standard InChI is InChI=1S/C17H33N3O3/c1-11(2)14(18)15(21)19-12-9-7-8-10-13(12)20(6)16(22)23-17(3,4)5/h11-14H,7-10,18H2,1-6H3,(H,19,21). The van der Waals surface area contributed by atoms with Crippen LogP contribution in [0.15, 0.2) is 0 Å². The van der Waals surface area contributed by atoms with Crippen molar-refractivity contribution in [3.63, 3.8) is 0 Å². The van der Waals surface area contributed by atoms with Crippen molar-refractivity contribution in [1.29, 1.82) is 0 Å². The molecular weight excluding hydrogens is 294 g/mol. The molecule has 3 unspecified atom stereocenters. The van der Waals surface area contributed by atoms with Crippen LogP contribution in [-0.2, 0) is 9.53 Å². The summed E-state index contributed by atoms with van der Waals surface area (Å²) in [6.45, 7) is 9.40. The Bertz CT molecular complexity index is 418. The maximum atomic E-state index is 12.3. The summed E-state index contributed by atoms with van der Waals surface area (Å²) in [7, 11) is 1.74. The Morgan fingerprint density at radius 2 is 1.78 bits per heavy atom. The van der Waals surface area contributed by atoms with Crippen LogP contribution in [0.4, 0.5) is 4.79 Å². The van der Waals surface area contributed by atoms with Crippen LogP contribution in [0.2, 0.25) is 0 Å². The molecule has 3 atom stereocenters. The summed E-state index contributed by atoms with van der Waals surface area (Å²) in [6, 6.07) is -0.648. The van der Waals surface area contributed by atoms with Gasteiger partial charge in [-0.05, 0) is 39.5 Å². The number of nitrogens with two attached hydrogens (primary N) is 1. The molecule has 3 N–H and O–H groups in total. The Morgan fingerprint density at radius 3 is 2.30 bits per heavy atom. The van der Waals surface area contributed by atoms with Crippen molar-refractivity contribution in [2.75, 3.05) is 7.05 Å². The number of nitrogens with zero attached hydrogens (tertiary/aromatic N) is 1. The van der Waals surface area contributed by atoms with Gasteiger partial charge in [0, 0.05) is 13.1 Å². The molecule has 0 aliphatic heterocycles. The Morgan fingerprint density at radius 1 is 1.22 bits per heavy atom. The van der Waals surface area contributed by atoms with Gasteiger partial charge in [0.1, 0.15) is 5.60 Å². The van der Waals surface area contributed by atoms with Gasteiger partial charge in [0.25, 0.3) is 0 Å². The van der Waals surface area contributed by atoms with Crippen molar-refractivity contribution in [3.05, 3.63) is 0 Å². The van der Waals surface area contributed by atoms with E-state index in [-0.39, 0.29) is 30.0 Å². The molecule has 0 aromatic rings. The third-order valence-corrected chi connectivity index (χ3v) is 4.26. The van der Waals surface area contributed by atoms with Crippen LogP contribution in [0.5, 0.6) is 0 Å². The molecule has 1 aliphatic rings. The lowest BCUT2D eigenvalue weighted by molar-refractivity contribution is -0.124. The Kier molecular flexibility index (Phi) is 6.86. The van der Waals surface area contributed by atoms with Crippen LogP contribution in [0, 0.1) is 5.92 Å². The van der Waals surface area contributed by atoms with Crippen LogP contribution in [-0.4, -0.2) is 47.7 Å². The molecule has 6 heteroatoms. The van der Waals surface area contributed by atoms with E-state index in [9.17, 15) is 9.59 Å². The molecule has 0 saturated heterocycles. The third-order valence-electron chi connectivity index (χ3n) is 4.26. The number of ether oxygens (including phenoxy) is 1. The highest BCUT2D eigenvalue weighted by Crippen LogP contribution is 2.24. The van der Waals surface area contributed by atoms with E-state index >= 15 is 0 Å². The maximum Gasteiger partial charge on any atom is 0.410 e. The highest BCUT2D eigenvalue weighted by atomic mass is 16.6. The molecular formula is C17H33N3O3. The zero-order valence-electron chi connectivity index (χ0n) is 15.4. The van der Waals surface area contributed by atoms with Gasteiger partial charge in [-0.2, -0.15) is 0 Å². The normalized spacial score (nSPS) is 23.3. The Hall–Kier alpha value is -1.30. The Balaban J connectivity index is 2.74. The summed E-state index contributed by atoms with van der Waals surface area (Å²) >= 11 is 0. The number of hydrogen-bond donors (Lipinski definition) is 2. The summed E-state index contributed by atoms with van der Waals surface area (Å²) in [5.74, 6) is -0.0601. The first kappa shape index (κ1) is 19.7. The number of rotatable bonds is 4. The minimum absolute atomic E-state index is 0.0538. The SMILES string of the molecule is CC(C)C(N)C(=O)NC1CCCCC1N(C)C(=O)OC(C)(C)C. The predicted molar refractivity (Wildman–Crippen MR) is 91.0 cm³/mol. The molecule has 134 valence electrons. The molecule has 0 bridgehead atoms. The average Bonchev–Trinajstić information content (AvgIpc) is 2.44. The van der Waals surface area contributed by atoms with Crippen LogP contribution < -0.4 is 11.1 Å². The van der Waals surface area contributed by atoms with Crippen LogP contribution in [0.25, 0.3) is 0 Å². The van der Waals surface area contributed by atoms with Gasteiger partial charge in [-0.15, -0.1) is 0 Å². The van der Waals surface area contributed by atoms with Crippen molar-refractivity contribution in [3.8, 4) is 0 Å². The zero-order valence-corrected chi connectivity index (χ0v) is 15.4. The molecule has 0 aromatic heterocycles. The van der Waals surface area contributed by atoms with E-state index in [1.54, 1.807) is 11.9 Å². The second-order valence-electron chi connectivity index (χ2n) is 7.83. The van der Waals surface area contributed by atoms with Crippen LogP contribution in [0.1, 0.15) is 60.3 Å². The lowest BCUT2D eigenvalue weighted by atomic mass is 9.89.